The molecule has 6 nitrogen and oxygen atoms in total. The second kappa shape index (κ2) is 6.72. The van der Waals surface area contributed by atoms with Crippen molar-refractivity contribution in [1.82, 2.24) is 14.0 Å². The lowest BCUT2D eigenvalue weighted by atomic mass is 10.1. The first-order chi connectivity index (χ1) is 12.1. The number of halogens is 1. The van der Waals surface area contributed by atoms with Gasteiger partial charge in [0.25, 0.3) is 5.17 Å². The van der Waals surface area contributed by atoms with Crippen LogP contribution >= 0.6 is 23.4 Å². The second-order valence-electron chi connectivity index (χ2n) is 6.97. The summed E-state index contributed by atoms with van der Waals surface area (Å²) < 4.78 is 1.62. The van der Waals surface area contributed by atoms with Crippen LogP contribution in [-0.2, 0) is 13.6 Å². The van der Waals surface area contributed by atoms with E-state index in [2.05, 4.69) is 23.8 Å². The van der Waals surface area contributed by atoms with Gasteiger partial charge in [0.2, 0.25) is 11.5 Å². The first-order valence-corrected chi connectivity index (χ1v) is 9.59. The van der Waals surface area contributed by atoms with Crippen molar-refractivity contribution in [2.24, 2.45) is 12.0 Å². The van der Waals surface area contributed by atoms with Crippen LogP contribution in [0.2, 0.25) is 5.02 Å². The molecule has 1 atom stereocenters. The molecule has 26 heavy (non-hydrogen) atoms. The molecule has 0 radical (unpaired) electrons. The number of thioether (sulfide) groups is 1. The number of quaternary nitrogens is 1. The van der Waals surface area contributed by atoms with E-state index in [0.717, 1.165) is 16.3 Å². The second-order valence-corrected chi connectivity index (χ2v) is 8.95. The van der Waals surface area contributed by atoms with Crippen molar-refractivity contribution in [2.75, 3.05) is 7.05 Å². The Bertz CT molecular complexity index is 1020. The Morgan fingerprint density at radius 2 is 2.04 bits per heavy atom. The maximum Gasteiger partial charge on any atom is 0.330 e. The molecule has 3 rings (SSSR count). The molecule has 2 aromatic rings. The Balaban J connectivity index is 2.20. The van der Waals surface area contributed by atoms with Gasteiger partial charge in [-0.1, -0.05) is 31.5 Å². The van der Waals surface area contributed by atoms with Gasteiger partial charge in [0.1, 0.15) is 6.54 Å². The van der Waals surface area contributed by atoms with Crippen molar-refractivity contribution < 1.29 is 0 Å². The molecule has 1 aromatic carbocycles. The van der Waals surface area contributed by atoms with E-state index < -0.39 is 5.69 Å². The van der Waals surface area contributed by atoms with Crippen LogP contribution in [0.3, 0.4) is 0 Å². The number of H-pyrrole nitrogens is 1. The molecule has 0 spiro atoms. The molecule has 0 amide bonds. The summed E-state index contributed by atoms with van der Waals surface area (Å²) in [5, 5.41) is 1.78. The highest BCUT2D eigenvalue weighted by atomic mass is 35.5. The van der Waals surface area contributed by atoms with Crippen molar-refractivity contribution in [3.63, 3.8) is 0 Å². The number of amidine groups is 1. The zero-order valence-electron chi connectivity index (χ0n) is 15.5. The molecule has 0 aliphatic carbocycles. The van der Waals surface area contributed by atoms with Gasteiger partial charge in [0, 0.05) is 22.9 Å². The maximum absolute atomic E-state index is 12.7. The van der Waals surface area contributed by atoms with Gasteiger partial charge in [-0.3, -0.25) is 14.3 Å². The van der Waals surface area contributed by atoms with Gasteiger partial charge >= 0.3 is 11.2 Å². The number of aryl methyl sites for hydroxylation is 1. The Hall–Kier alpha value is -1.83. The van der Waals surface area contributed by atoms with Gasteiger partial charge in [-0.2, -0.15) is 4.99 Å². The fourth-order valence-corrected chi connectivity index (χ4v) is 4.32. The SMILES string of the molecule is Cc1cc(Cl)ccc1C[N+]1(C)C(SC(C)C)=Nc2c1c(=O)[nH]c(=O)n2C. The van der Waals surface area contributed by atoms with Gasteiger partial charge in [0.05, 0.1) is 7.05 Å². The van der Waals surface area contributed by atoms with Crippen molar-refractivity contribution in [1.29, 1.82) is 0 Å². The maximum atomic E-state index is 12.7. The van der Waals surface area contributed by atoms with Crippen LogP contribution in [0, 0.1) is 6.92 Å². The Kier molecular flexibility index (Phi) is 4.90. The minimum Gasteiger partial charge on any atom is -0.276 e. The molecule has 1 aliphatic heterocycles. The van der Waals surface area contributed by atoms with Crippen LogP contribution in [0.1, 0.15) is 25.0 Å². The number of rotatable bonds is 3. The number of hydrogen-bond donors (Lipinski definition) is 1. The fraction of sp³-hybridized carbons (Fsp3) is 0.389. The van der Waals surface area contributed by atoms with E-state index in [9.17, 15) is 9.59 Å². The minimum absolute atomic E-state index is 0.226. The van der Waals surface area contributed by atoms with E-state index in [0.29, 0.717) is 28.3 Å². The third-order valence-electron chi connectivity index (χ3n) is 4.52. The number of nitrogens with one attached hydrogen (secondary N) is 1. The highest BCUT2D eigenvalue weighted by molar-refractivity contribution is 8.14. The van der Waals surface area contributed by atoms with E-state index in [1.807, 2.05) is 32.2 Å². The lowest BCUT2D eigenvalue weighted by Crippen LogP contribution is -2.50. The van der Waals surface area contributed by atoms with Gasteiger partial charge in [-0.05, 0) is 36.4 Å². The van der Waals surface area contributed by atoms with Crippen LogP contribution in [0.4, 0.5) is 11.5 Å². The third-order valence-corrected chi connectivity index (χ3v) is 5.93. The Morgan fingerprint density at radius 1 is 1.35 bits per heavy atom. The molecular weight excluding hydrogens is 372 g/mol. The quantitative estimate of drug-likeness (QED) is 0.813. The molecule has 0 fully saturated rings. The van der Waals surface area contributed by atoms with Crippen molar-refractivity contribution >= 4 is 40.0 Å². The normalized spacial score (nSPS) is 19.0. The van der Waals surface area contributed by atoms with E-state index in [-0.39, 0.29) is 10.0 Å². The summed E-state index contributed by atoms with van der Waals surface area (Å²) in [6.45, 7) is 6.71. The molecule has 138 valence electrons. The summed E-state index contributed by atoms with van der Waals surface area (Å²) in [6, 6.07) is 5.74. The summed E-state index contributed by atoms with van der Waals surface area (Å²) in [7, 11) is 3.59. The smallest absolute Gasteiger partial charge is 0.276 e. The van der Waals surface area contributed by atoms with Gasteiger partial charge < -0.3 is 0 Å². The first-order valence-electron chi connectivity index (χ1n) is 8.34. The fourth-order valence-electron chi connectivity index (χ4n) is 3.14. The highest BCUT2D eigenvalue weighted by Crippen LogP contribution is 2.41. The largest absolute Gasteiger partial charge is 0.330 e. The van der Waals surface area contributed by atoms with Gasteiger partial charge in [-0.15, -0.1) is 0 Å². The molecular formula is C18H22ClN4O2S+. The molecule has 0 saturated heterocycles. The lowest BCUT2D eigenvalue weighted by molar-refractivity contribution is 0.494. The van der Waals surface area contributed by atoms with E-state index in [1.54, 1.807) is 18.8 Å². The molecule has 8 heteroatoms. The lowest BCUT2D eigenvalue weighted by Gasteiger charge is -2.30. The van der Waals surface area contributed by atoms with Crippen molar-refractivity contribution in [2.45, 2.75) is 32.6 Å². The summed E-state index contributed by atoms with van der Waals surface area (Å²) in [5.74, 6) is 0.427. The number of benzene rings is 1. The molecule has 2 heterocycles. The van der Waals surface area contributed by atoms with Gasteiger partial charge in [0.15, 0.2) is 0 Å². The molecule has 1 unspecified atom stereocenters. The number of nitrogens with zero attached hydrogens (tertiary/aromatic N) is 3. The average Bonchev–Trinajstić information content (AvgIpc) is 2.81. The third kappa shape index (κ3) is 3.15. The number of hydrogen-bond acceptors (Lipinski definition) is 4. The predicted octanol–water partition coefficient (Wildman–Crippen LogP) is 3.32. The summed E-state index contributed by atoms with van der Waals surface area (Å²) in [4.78, 5) is 31.8. The van der Waals surface area contributed by atoms with E-state index >= 15 is 0 Å². The summed E-state index contributed by atoms with van der Waals surface area (Å²) in [6.07, 6.45) is 0. The zero-order chi connectivity index (χ0) is 19.2. The molecule has 0 saturated carbocycles. The standard InChI is InChI=1S/C18H21ClN4O2S/c1-10(2)26-18-20-15-14(16(24)21-17(25)22(15)4)23(18,5)9-12-6-7-13(19)8-11(12)3/h6-8,10H,9H2,1-5H3/p+1. The summed E-state index contributed by atoms with van der Waals surface area (Å²) >= 11 is 7.69. The molecule has 1 aliphatic rings. The monoisotopic (exact) mass is 393 g/mol. The first kappa shape index (κ1) is 18.9. The molecule has 0 bridgehead atoms. The Morgan fingerprint density at radius 3 is 2.65 bits per heavy atom. The number of aromatic amines is 1. The van der Waals surface area contributed by atoms with Gasteiger partial charge in [-0.25, -0.2) is 9.28 Å². The Labute approximate surface area is 161 Å². The topological polar surface area (TPSA) is 67.2 Å². The molecule has 1 aromatic heterocycles. The average molecular weight is 394 g/mol. The van der Waals surface area contributed by atoms with Crippen LogP contribution in [0.15, 0.2) is 32.8 Å². The number of fused-ring (bicyclic) bond motifs is 1. The van der Waals surface area contributed by atoms with Crippen LogP contribution in [0.5, 0.6) is 0 Å². The van der Waals surface area contributed by atoms with E-state index in [1.165, 1.54) is 4.57 Å². The predicted molar refractivity (Wildman–Crippen MR) is 110 cm³/mol. The van der Waals surface area contributed by atoms with E-state index in [4.69, 9.17) is 11.6 Å². The number of aliphatic imine (C=N–C) groups is 1. The highest BCUT2D eigenvalue weighted by Gasteiger charge is 2.45. The van der Waals surface area contributed by atoms with Crippen molar-refractivity contribution in [3.8, 4) is 0 Å². The number of aromatic nitrogens is 2. The van der Waals surface area contributed by atoms with Crippen LogP contribution < -0.4 is 15.7 Å². The van der Waals surface area contributed by atoms with Crippen LogP contribution in [0.25, 0.3) is 0 Å². The van der Waals surface area contributed by atoms with Crippen molar-refractivity contribution in [3.05, 3.63) is 55.2 Å². The van der Waals surface area contributed by atoms with Crippen LogP contribution in [-0.4, -0.2) is 27.0 Å². The molecule has 1 N–H and O–H groups in total. The summed E-state index contributed by atoms with van der Waals surface area (Å²) in [5.41, 5.74) is 1.78. The minimum atomic E-state index is -0.456. The zero-order valence-corrected chi connectivity index (χ0v) is 17.0.